The Bertz CT molecular complexity index is 1610. The molecule has 0 spiro atoms. The van der Waals surface area contributed by atoms with Crippen molar-refractivity contribution in [1.82, 2.24) is 24.9 Å². The number of pyridine rings is 1. The van der Waals surface area contributed by atoms with Crippen LogP contribution < -0.4 is 20.9 Å². The molecule has 2 aliphatic heterocycles. The van der Waals surface area contributed by atoms with Crippen molar-refractivity contribution in [2.24, 2.45) is 0 Å². The lowest BCUT2D eigenvalue weighted by molar-refractivity contribution is 0.0936. The van der Waals surface area contributed by atoms with Gasteiger partial charge in [-0.25, -0.2) is 23.3 Å². The van der Waals surface area contributed by atoms with Gasteiger partial charge in [-0.15, -0.1) is 11.3 Å². The van der Waals surface area contributed by atoms with E-state index >= 15 is 0 Å². The summed E-state index contributed by atoms with van der Waals surface area (Å²) >= 11 is 0.842. The molecular formula is C27H27F2N9O2S. The molecule has 41 heavy (non-hydrogen) atoms. The molecule has 6 heterocycles. The average Bonchev–Trinajstić information content (AvgIpc) is 3.62. The number of piperidine rings is 1. The number of hydrogen-bond donors (Lipinski definition) is 2. The number of hydrogen-bond acceptors (Lipinski definition) is 10. The number of fused-ring (bicyclic) bond motifs is 1. The van der Waals surface area contributed by atoms with Crippen LogP contribution in [-0.4, -0.2) is 70.9 Å². The van der Waals surface area contributed by atoms with E-state index in [1.165, 1.54) is 12.4 Å². The highest BCUT2D eigenvalue weighted by Crippen LogP contribution is 2.37. The molecule has 6 rings (SSSR count). The summed E-state index contributed by atoms with van der Waals surface area (Å²) in [6.07, 6.45) is 1.89. The fraction of sp³-hybridized carbons (Fsp3) is 0.370. The van der Waals surface area contributed by atoms with Crippen molar-refractivity contribution in [1.29, 1.82) is 5.26 Å². The van der Waals surface area contributed by atoms with Crippen molar-refractivity contribution in [2.75, 3.05) is 54.9 Å². The van der Waals surface area contributed by atoms with Gasteiger partial charge < -0.3 is 25.6 Å². The van der Waals surface area contributed by atoms with Crippen molar-refractivity contribution in [3.05, 3.63) is 52.2 Å². The minimum absolute atomic E-state index is 0.123. The number of carbonyl (C=O) groups excluding carboxylic acids is 1. The Hall–Kier alpha value is -4.35. The highest BCUT2D eigenvalue weighted by Gasteiger charge is 2.30. The van der Waals surface area contributed by atoms with Crippen LogP contribution in [-0.2, 0) is 4.74 Å². The molecule has 2 fully saturated rings. The molecule has 2 aliphatic rings. The van der Waals surface area contributed by atoms with Crippen LogP contribution in [0.15, 0.2) is 36.8 Å². The van der Waals surface area contributed by atoms with E-state index < -0.39 is 6.43 Å². The maximum atomic E-state index is 13.6. The number of nitrogens with zero attached hydrogens (tertiary/aromatic N) is 7. The molecule has 14 heteroatoms. The summed E-state index contributed by atoms with van der Waals surface area (Å²) in [6.45, 7) is 3.26. The molecule has 0 bridgehead atoms. The first-order chi connectivity index (χ1) is 19.9. The van der Waals surface area contributed by atoms with Crippen molar-refractivity contribution in [3.8, 4) is 17.3 Å². The van der Waals surface area contributed by atoms with Gasteiger partial charge in [0.05, 0.1) is 35.2 Å². The Balaban J connectivity index is 1.26. The van der Waals surface area contributed by atoms with Crippen LogP contribution in [0.5, 0.6) is 0 Å². The molecule has 0 radical (unpaired) electrons. The standard InChI is InChI=1S/C27H27F2N9O2S/c28-25(29)22-11-21(36-6-8-40-9-7-36)24(41-22)27(39)35-18-2-1-5-37(14-18)20-10-19(16-3-4-17(12-30)32-13-16)38-23(20)26(31)33-15-34-38/h3-4,10-11,13,15,18,25H,1-2,5-9,14H2,(H,35,39)(H2,31,33,34)/t18-/m1/s1. The van der Waals surface area contributed by atoms with Gasteiger partial charge in [-0.2, -0.15) is 10.4 Å². The average molecular weight is 580 g/mol. The molecule has 0 aliphatic carbocycles. The van der Waals surface area contributed by atoms with Crippen LogP contribution in [0.3, 0.4) is 0 Å². The van der Waals surface area contributed by atoms with E-state index in [9.17, 15) is 13.6 Å². The third kappa shape index (κ3) is 5.25. The molecule has 0 unspecified atom stereocenters. The number of thiophene rings is 1. The van der Waals surface area contributed by atoms with E-state index in [-0.39, 0.29) is 16.8 Å². The largest absolute Gasteiger partial charge is 0.382 e. The molecule has 4 aromatic heterocycles. The van der Waals surface area contributed by atoms with Crippen LogP contribution in [0.1, 0.15) is 39.5 Å². The fourth-order valence-corrected chi connectivity index (χ4v) is 6.32. The van der Waals surface area contributed by atoms with Crippen molar-refractivity contribution in [3.63, 3.8) is 0 Å². The smallest absolute Gasteiger partial charge is 0.272 e. The van der Waals surface area contributed by atoms with Crippen molar-refractivity contribution >= 4 is 40.0 Å². The maximum absolute atomic E-state index is 13.6. The van der Waals surface area contributed by atoms with E-state index in [4.69, 9.17) is 15.7 Å². The summed E-state index contributed by atoms with van der Waals surface area (Å²) in [4.78, 5) is 26.1. The first-order valence-corrected chi connectivity index (χ1v) is 14.0. The van der Waals surface area contributed by atoms with Crippen LogP contribution in [0, 0.1) is 11.3 Å². The summed E-state index contributed by atoms with van der Waals surface area (Å²) in [6, 6.07) is 8.63. The molecule has 0 aromatic carbocycles. The number of aromatic nitrogens is 4. The summed E-state index contributed by atoms with van der Waals surface area (Å²) in [7, 11) is 0. The molecule has 2 saturated heterocycles. The Morgan fingerprint density at radius 1 is 1.17 bits per heavy atom. The second kappa shape index (κ2) is 11.3. The maximum Gasteiger partial charge on any atom is 0.272 e. The predicted molar refractivity (Wildman–Crippen MR) is 150 cm³/mol. The third-order valence-electron chi connectivity index (χ3n) is 7.34. The number of ether oxygens (including phenoxy) is 1. The minimum Gasteiger partial charge on any atom is -0.382 e. The first kappa shape index (κ1) is 26.9. The number of nitriles is 1. The Morgan fingerprint density at radius 2 is 2.00 bits per heavy atom. The fourth-order valence-electron chi connectivity index (χ4n) is 5.38. The normalized spacial score (nSPS) is 17.7. The topological polar surface area (TPSA) is 138 Å². The molecule has 1 atom stereocenters. The lowest BCUT2D eigenvalue weighted by Crippen LogP contribution is -2.48. The zero-order valence-electron chi connectivity index (χ0n) is 22.0. The van der Waals surface area contributed by atoms with E-state index in [1.807, 2.05) is 17.0 Å². The lowest BCUT2D eigenvalue weighted by atomic mass is 10.0. The van der Waals surface area contributed by atoms with E-state index in [1.54, 1.807) is 22.8 Å². The van der Waals surface area contributed by atoms with Crippen molar-refractivity contribution in [2.45, 2.75) is 25.3 Å². The Morgan fingerprint density at radius 3 is 2.73 bits per heavy atom. The second-order valence-corrected chi connectivity index (χ2v) is 11.0. The number of alkyl halides is 2. The predicted octanol–water partition coefficient (Wildman–Crippen LogP) is 3.48. The molecule has 11 nitrogen and oxygen atoms in total. The molecular weight excluding hydrogens is 552 g/mol. The zero-order chi connectivity index (χ0) is 28.5. The molecule has 4 aromatic rings. The monoisotopic (exact) mass is 579 g/mol. The number of rotatable bonds is 6. The van der Waals surface area contributed by atoms with Gasteiger partial charge in [0.25, 0.3) is 12.3 Å². The highest BCUT2D eigenvalue weighted by molar-refractivity contribution is 7.14. The summed E-state index contributed by atoms with van der Waals surface area (Å²) in [5.74, 6) is -0.0496. The van der Waals surface area contributed by atoms with E-state index in [0.717, 1.165) is 47.7 Å². The van der Waals surface area contributed by atoms with Crippen LogP contribution in [0.25, 0.3) is 16.8 Å². The number of nitrogens with two attached hydrogens (primary N) is 1. The number of amides is 1. The van der Waals surface area contributed by atoms with Crippen LogP contribution in [0.4, 0.5) is 26.0 Å². The summed E-state index contributed by atoms with van der Waals surface area (Å²) < 4.78 is 34.3. The first-order valence-electron chi connectivity index (χ1n) is 13.2. The van der Waals surface area contributed by atoms with Gasteiger partial charge in [-0.3, -0.25) is 4.79 Å². The van der Waals surface area contributed by atoms with Crippen LogP contribution >= 0.6 is 11.3 Å². The lowest BCUT2D eigenvalue weighted by Gasteiger charge is -2.34. The Labute approximate surface area is 238 Å². The second-order valence-electron chi connectivity index (χ2n) is 9.89. The Kier molecular flexibility index (Phi) is 7.38. The third-order valence-corrected chi connectivity index (χ3v) is 8.47. The summed E-state index contributed by atoms with van der Waals surface area (Å²) in [5, 5.41) is 16.6. The number of anilines is 3. The molecule has 3 N–H and O–H groups in total. The molecule has 212 valence electrons. The SMILES string of the molecule is N#Cc1ccc(-c2cc(N3CCC[C@@H](NC(=O)c4sc(C(F)F)cc4N4CCOCC4)C3)c3c(N)ncnn23)cn1. The number of nitrogen functional groups attached to an aromatic ring is 1. The van der Waals surface area contributed by atoms with Gasteiger partial charge in [0.1, 0.15) is 28.5 Å². The zero-order valence-corrected chi connectivity index (χ0v) is 22.8. The van der Waals surface area contributed by atoms with Crippen LogP contribution in [0.2, 0.25) is 0 Å². The minimum atomic E-state index is -2.65. The van der Waals surface area contributed by atoms with Gasteiger partial charge in [0, 0.05) is 44.0 Å². The van der Waals surface area contributed by atoms with E-state index in [0.29, 0.717) is 60.4 Å². The van der Waals surface area contributed by atoms with Gasteiger partial charge in [0.2, 0.25) is 0 Å². The van der Waals surface area contributed by atoms with Gasteiger partial charge in [-0.1, -0.05) is 0 Å². The quantitative estimate of drug-likeness (QED) is 0.352. The van der Waals surface area contributed by atoms with E-state index in [2.05, 4.69) is 25.3 Å². The summed E-state index contributed by atoms with van der Waals surface area (Å²) in [5.41, 5.74) is 10.1. The van der Waals surface area contributed by atoms with Gasteiger partial charge in [-0.05, 0) is 37.1 Å². The number of carbonyl (C=O) groups is 1. The molecule has 1 amide bonds. The van der Waals surface area contributed by atoms with Gasteiger partial charge >= 0.3 is 0 Å². The van der Waals surface area contributed by atoms with Gasteiger partial charge in [0.15, 0.2) is 5.82 Å². The molecule has 0 saturated carbocycles. The van der Waals surface area contributed by atoms with Crippen molar-refractivity contribution < 1.29 is 18.3 Å². The highest BCUT2D eigenvalue weighted by atomic mass is 32.1. The number of nitrogens with one attached hydrogen (secondary N) is 1. The number of morpholine rings is 1. The number of halogens is 2.